The van der Waals surface area contributed by atoms with Gasteiger partial charge in [0.25, 0.3) is 5.91 Å². The van der Waals surface area contributed by atoms with Gasteiger partial charge in [0.15, 0.2) is 0 Å². The second-order valence-electron chi connectivity index (χ2n) is 6.06. The summed E-state index contributed by atoms with van der Waals surface area (Å²) in [5.41, 5.74) is 2.63. The minimum Gasteiger partial charge on any atom is -0.322 e. The lowest BCUT2D eigenvalue weighted by molar-refractivity contribution is 0.102. The van der Waals surface area contributed by atoms with E-state index in [9.17, 15) is 13.2 Å². The average molecular weight is 379 g/mol. The molecule has 7 heteroatoms. The van der Waals surface area contributed by atoms with Crippen molar-refractivity contribution in [2.75, 3.05) is 21.9 Å². The van der Waals surface area contributed by atoms with E-state index < -0.39 is 10.0 Å². The van der Waals surface area contributed by atoms with Gasteiger partial charge in [-0.05, 0) is 67.8 Å². The maximum atomic E-state index is 12.4. The highest BCUT2D eigenvalue weighted by atomic mass is 35.5. The predicted molar refractivity (Wildman–Crippen MR) is 101 cm³/mol. The van der Waals surface area contributed by atoms with Crippen molar-refractivity contribution < 1.29 is 13.2 Å². The van der Waals surface area contributed by atoms with Gasteiger partial charge in [-0.1, -0.05) is 11.6 Å². The Morgan fingerprint density at radius 2 is 1.84 bits per heavy atom. The summed E-state index contributed by atoms with van der Waals surface area (Å²) >= 11 is 5.92. The molecule has 0 spiro atoms. The zero-order chi connectivity index (χ0) is 18.0. The Morgan fingerprint density at radius 1 is 1.12 bits per heavy atom. The average Bonchev–Trinajstić information content (AvgIpc) is 2.57. The number of benzene rings is 2. The topological polar surface area (TPSA) is 66.5 Å². The van der Waals surface area contributed by atoms with E-state index in [2.05, 4.69) is 5.32 Å². The maximum absolute atomic E-state index is 12.4. The monoisotopic (exact) mass is 378 g/mol. The summed E-state index contributed by atoms with van der Waals surface area (Å²) in [5, 5.41) is 3.45. The maximum Gasteiger partial charge on any atom is 0.255 e. The molecular formula is C18H19ClN2O3S. The number of nitrogens with zero attached hydrogens (tertiary/aromatic N) is 1. The first-order chi connectivity index (χ1) is 11.9. The Bertz CT molecular complexity index is 895. The first-order valence-electron chi connectivity index (χ1n) is 8.05. The molecule has 1 heterocycles. The van der Waals surface area contributed by atoms with Crippen LogP contribution in [-0.4, -0.2) is 26.6 Å². The van der Waals surface area contributed by atoms with Gasteiger partial charge in [-0.2, -0.15) is 0 Å². The molecule has 0 radical (unpaired) electrons. The summed E-state index contributed by atoms with van der Waals surface area (Å²) < 4.78 is 25.7. The van der Waals surface area contributed by atoms with Crippen LogP contribution in [0.2, 0.25) is 5.02 Å². The molecule has 3 rings (SSSR count). The van der Waals surface area contributed by atoms with Gasteiger partial charge in [0, 0.05) is 22.8 Å². The number of amides is 1. The predicted octanol–water partition coefficient (Wildman–Crippen LogP) is 3.83. The fraction of sp³-hybridized carbons (Fsp3) is 0.278. The van der Waals surface area contributed by atoms with Crippen LogP contribution >= 0.6 is 11.6 Å². The number of hydrogen-bond donors (Lipinski definition) is 1. The number of anilines is 2. The third-order valence-corrected chi connectivity index (χ3v) is 6.31. The quantitative estimate of drug-likeness (QED) is 0.882. The number of carbonyl (C=O) groups excluding carboxylic acids is 1. The van der Waals surface area contributed by atoms with Gasteiger partial charge in [0.05, 0.1) is 11.4 Å². The van der Waals surface area contributed by atoms with Crippen molar-refractivity contribution in [1.29, 1.82) is 0 Å². The summed E-state index contributed by atoms with van der Waals surface area (Å²) in [6, 6.07) is 11.9. The Hall–Kier alpha value is -2.05. The molecule has 132 valence electrons. The molecule has 2 aromatic rings. The molecule has 25 heavy (non-hydrogen) atoms. The lowest BCUT2D eigenvalue weighted by Gasteiger charge is -2.28. The third kappa shape index (κ3) is 3.96. The molecule has 0 unspecified atom stereocenters. The molecule has 0 saturated carbocycles. The molecule has 0 atom stereocenters. The van der Waals surface area contributed by atoms with E-state index in [4.69, 9.17) is 11.6 Å². The van der Waals surface area contributed by atoms with Crippen LogP contribution < -0.4 is 9.62 Å². The van der Waals surface area contributed by atoms with Crippen molar-refractivity contribution in [2.45, 2.75) is 19.8 Å². The van der Waals surface area contributed by atoms with Crippen LogP contribution in [0.3, 0.4) is 0 Å². The second-order valence-corrected chi connectivity index (χ2v) is 8.50. The molecular weight excluding hydrogens is 360 g/mol. The van der Waals surface area contributed by atoms with E-state index in [0.29, 0.717) is 34.9 Å². The van der Waals surface area contributed by atoms with Crippen molar-refractivity contribution in [1.82, 2.24) is 0 Å². The molecule has 5 nitrogen and oxygen atoms in total. The van der Waals surface area contributed by atoms with Crippen molar-refractivity contribution in [3.05, 3.63) is 58.6 Å². The first-order valence-corrected chi connectivity index (χ1v) is 10.0. The van der Waals surface area contributed by atoms with Crippen molar-refractivity contribution >= 4 is 38.9 Å². The number of hydrogen-bond acceptors (Lipinski definition) is 3. The van der Waals surface area contributed by atoms with Gasteiger partial charge in [0.2, 0.25) is 10.0 Å². The van der Waals surface area contributed by atoms with Gasteiger partial charge >= 0.3 is 0 Å². The first kappa shape index (κ1) is 17.8. The summed E-state index contributed by atoms with van der Waals surface area (Å²) in [6.07, 6.45) is 1.54. The lowest BCUT2D eigenvalue weighted by Crippen LogP contribution is -2.37. The Labute approximate surface area is 152 Å². The highest BCUT2D eigenvalue weighted by Gasteiger charge is 2.26. The van der Waals surface area contributed by atoms with Crippen LogP contribution in [-0.2, 0) is 10.0 Å². The fourth-order valence-electron chi connectivity index (χ4n) is 2.82. The Balaban J connectivity index is 1.76. The molecule has 1 amide bonds. The molecule has 1 saturated heterocycles. The minimum absolute atomic E-state index is 0.172. The molecule has 1 fully saturated rings. The summed E-state index contributed by atoms with van der Waals surface area (Å²) in [6.45, 7) is 2.35. The molecule has 0 aromatic heterocycles. The number of nitrogens with one attached hydrogen (secondary N) is 1. The van der Waals surface area contributed by atoms with Gasteiger partial charge in [-0.3, -0.25) is 9.10 Å². The van der Waals surface area contributed by atoms with Crippen LogP contribution in [0.5, 0.6) is 0 Å². The van der Waals surface area contributed by atoms with Crippen LogP contribution in [0.1, 0.15) is 28.8 Å². The standard InChI is InChI=1S/C18H19ClN2O3S/c1-13-12-15(19)6-9-17(13)20-18(22)14-4-7-16(8-5-14)21-10-2-3-11-25(21,23)24/h4-9,12H,2-3,10-11H2,1H3,(H,20,22). The van der Waals surface area contributed by atoms with E-state index in [1.165, 1.54) is 4.31 Å². The fourth-order valence-corrected chi connectivity index (χ4v) is 4.69. The van der Waals surface area contributed by atoms with Crippen molar-refractivity contribution in [3.8, 4) is 0 Å². The van der Waals surface area contributed by atoms with E-state index in [1.54, 1.807) is 42.5 Å². The number of rotatable bonds is 3. The zero-order valence-corrected chi connectivity index (χ0v) is 15.4. The highest BCUT2D eigenvalue weighted by Crippen LogP contribution is 2.24. The Kier molecular flexibility index (Phi) is 5.01. The van der Waals surface area contributed by atoms with E-state index >= 15 is 0 Å². The van der Waals surface area contributed by atoms with E-state index in [0.717, 1.165) is 12.0 Å². The number of carbonyl (C=O) groups is 1. The van der Waals surface area contributed by atoms with E-state index in [1.807, 2.05) is 6.92 Å². The van der Waals surface area contributed by atoms with Gasteiger partial charge in [0.1, 0.15) is 0 Å². The summed E-state index contributed by atoms with van der Waals surface area (Å²) in [5.74, 6) is -0.0797. The van der Waals surface area contributed by atoms with Gasteiger partial charge < -0.3 is 5.32 Å². The number of aryl methyl sites for hydroxylation is 1. The van der Waals surface area contributed by atoms with Crippen LogP contribution in [0.25, 0.3) is 0 Å². The molecule has 1 aliphatic rings. The summed E-state index contributed by atoms with van der Waals surface area (Å²) in [7, 11) is -3.25. The molecule has 0 aliphatic carbocycles. The van der Waals surface area contributed by atoms with Crippen LogP contribution in [0.15, 0.2) is 42.5 Å². The molecule has 1 aliphatic heterocycles. The van der Waals surface area contributed by atoms with Gasteiger partial charge in [-0.15, -0.1) is 0 Å². The molecule has 0 bridgehead atoms. The minimum atomic E-state index is -3.25. The van der Waals surface area contributed by atoms with Crippen LogP contribution in [0.4, 0.5) is 11.4 Å². The summed E-state index contributed by atoms with van der Waals surface area (Å²) in [4.78, 5) is 12.4. The van der Waals surface area contributed by atoms with E-state index in [-0.39, 0.29) is 11.7 Å². The van der Waals surface area contributed by atoms with Gasteiger partial charge in [-0.25, -0.2) is 8.42 Å². The smallest absolute Gasteiger partial charge is 0.255 e. The molecule has 1 N–H and O–H groups in total. The third-order valence-electron chi connectivity index (χ3n) is 4.20. The normalized spacial score (nSPS) is 16.5. The zero-order valence-electron chi connectivity index (χ0n) is 13.8. The van der Waals surface area contributed by atoms with Crippen molar-refractivity contribution in [3.63, 3.8) is 0 Å². The second kappa shape index (κ2) is 7.06. The van der Waals surface area contributed by atoms with Crippen molar-refractivity contribution in [2.24, 2.45) is 0 Å². The number of sulfonamides is 1. The number of halogens is 1. The SMILES string of the molecule is Cc1cc(Cl)ccc1NC(=O)c1ccc(N2CCCCS2(=O)=O)cc1. The molecule has 2 aromatic carbocycles. The lowest BCUT2D eigenvalue weighted by atomic mass is 10.1. The highest BCUT2D eigenvalue weighted by molar-refractivity contribution is 7.92. The Morgan fingerprint density at radius 3 is 2.48 bits per heavy atom. The largest absolute Gasteiger partial charge is 0.322 e. The van der Waals surface area contributed by atoms with Crippen LogP contribution in [0, 0.1) is 6.92 Å².